The molecule has 1 fully saturated rings. The second-order valence-corrected chi connectivity index (χ2v) is 5.21. The molecule has 0 radical (unpaired) electrons. The monoisotopic (exact) mass is 261 g/mol. The molecule has 19 heavy (non-hydrogen) atoms. The van der Waals surface area contributed by atoms with Crippen molar-refractivity contribution in [2.75, 3.05) is 20.1 Å². The predicted octanol–water partition coefficient (Wildman–Crippen LogP) is 2.18. The Bertz CT molecular complexity index is 410. The predicted molar refractivity (Wildman–Crippen MR) is 76.6 cm³/mol. The van der Waals surface area contributed by atoms with Gasteiger partial charge in [0.1, 0.15) is 0 Å². The molecular formula is C15H23N3O. The first-order valence-corrected chi connectivity index (χ1v) is 6.98. The Hall–Kier alpha value is -1.55. The Labute approximate surface area is 115 Å². The zero-order valence-corrected chi connectivity index (χ0v) is 11.6. The molecule has 0 spiro atoms. The molecule has 1 aromatic rings. The number of amides is 2. The SMILES string of the molecule is CN(Cc1ccc(CN)cc1)C(=O)N1CCCCC1. The van der Waals surface area contributed by atoms with Crippen molar-refractivity contribution in [3.63, 3.8) is 0 Å². The Morgan fingerprint density at radius 2 is 1.74 bits per heavy atom. The molecule has 104 valence electrons. The molecule has 0 bridgehead atoms. The van der Waals surface area contributed by atoms with Crippen molar-refractivity contribution < 1.29 is 4.79 Å². The van der Waals surface area contributed by atoms with Gasteiger partial charge in [0.25, 0.3) is 0 Å². The molecular weight excluding hydrogens is 238 g/mol. The van der Waals surface area contributed by atoms with Gasteiger partial charge in [-0.1, -0.05) is 24.3 Å². The van der Waals surface area contributed by atoms with Crippen LogP contribution in [0.5, 0.6) is 0 Å². The molecule has 2 rings (SSSR count). The van der Waals surface area contributed by atoms with Crippen LogP contribution in [0.15, 0.2) is 24.3 Å². The molecule has 1 saturated heterocycles. The third-order valence-corrected chi connectivity index (χ3v) is 3.63. The molecule has 1 aliphatic rings. The Kier molecular flexibility index (Phi) is 4.80. The number of urea groups is 1. The molecule has 4 nitrogen and oxygen atoms in total. The van der Waals surface area contributed by atoms with Crippen molar-refractivity contribution in [3.05, 3.63) is 35.4 Å². The third-order valence-electron chi connectivity index (χ3n) is 3.63. The molecule has 0 unspecified atom stereocenters. The number of nitrogens with two attached hydrogens (primary N) is 1. The number of benzene rings is 1. The molecule has 0 atom stereocenters. The average Bonchev–Trinajstić information content (AvgIpc) is 2.48. The first-order valence-electron chi connectivity index (χ1n) is 6.98. The van der Waals surface area contributed by atoms with Crippen LogP contribution in [0.2, 0.25) is 0 Å². The number of nitrogens with zero attached hydrogens (tertiary/aromatic N) is 2. The summed E-state index contributed by atoms with van der Waals surface area (Å²) in [6.07, 6.45) is 3.50. The van der Waals surface area contributed by atoms with E-state index in [0.29, 0.717) is 13.1 Å². The highest BCUT2D eigenvalue weighted by atomic mass is 16.2. The highest BCUT2D eigenvalue weighted by molar-refractivity contribution is 5.74. The Morgan fingerprint density at radius 1 is 1.16 bits per heavy atom. The largest absolute Gasteiger partial charge is 0.326 e. The van der Waals surface area contributed by atoms with Crippen LogP contribution in [0.4, 0.5) is 4.79 Å². The van der Waals surface area contributed by atoms with Crippen LogP contribution >= 0.6 is 0 Å². The summed E-state index contributed by atoms with van der Waals surface area (Å²) in [6, 6.07) is 8.27. The average molecular weight is 261 g/mol. The lowest BCUT2D eigenvalue weighted by atomic mass is 10.1. The first kappa shape index (κ1) is 13.9. The van der Waals surface area contributed by atoms with Crippen LogP contribution in [0.1, 0.15) is 30.4 Å². The van der Waals surface area contributed by atoms with Gasteiger partial charge >= 0.3 is 6.03 Å². The fourth-order valence-corrected chi connectivity index (χ4v) is 2.45. The summed E-state index contributed by atoms with van der Waals surface area (Å²) in [6.45, 7) is 3.01. The summed E-state index contributed by atoms with van der Waals surface area (Å²) in [5.41, 5.74) is 7.84. The van der Waals surface area contributed by atoms with Crippen molar-refractivity contribution in [3.8, 4) is 0 Å². The van der Waals surface area contributed by atoms with E-state index in [-0.39, 0.29) is 6.03 Å². The summed E-state index contributed by atoms with van der Waals surface area (Å²) >= 11 is 0. The lowest BCUT2D eigenvalue weighted by molar-refractivity contribution is 0.151. The van der Waals surface area contributed by atoms with Gasteiger partial charge in [-0.2, -0.15) is 0 Å². The fourth-order valence-electron chi connectivity index (χ4n) is 2.45. The van der Waals surface area contributed by atoms with Crippen molar-refractivity contribution in [2.24, 2.45) is 5.73 Å². The van der Waals surface area contributed by atoms with E-state index in [1.807, 2.05) is 36.2 Å². The van der Waals surface area contributed by atoms with Gasteiger partial charge in [0, 0.05) is 33.2 Å². The molecule has 4 heteroatoms. The number of hydrogen-bond donors (Lipinski definition) is 1. The van der Waals surface area contributed by atoms with Crippen LogP contribution in [0.25, 0.3) is 0 Å². The fraction of sp³-hybridized carbons (Fsp3) is 0.533. The highest BCUT2D eigenvalue weighted by Crippen LogP contribution is 2.13. The Morgan fingerprint density at radius 3 is 2.32 bits per heavy atom. The minimum atomic E-state index is 0.141. The Balaban J connectivity index is 1.91. The zero-order chi connectivity index (χ0) is 13.7. The lowest BCUT2D eigenvalue weighted by Gasteiger charge is -2.31. The van der Waals surface area contributed by atoms with Crippen LogP contribution in [0, 0.1) is 0 Å². The van der Waals surface area contributed by atoms with Gasteiger partial charge in [0.2, 0.25) is 0 Å². The quantitative estimate of drug-likeness (QED) is 0.906. The number of piperidine rings is 1. The van der Waals surface area contributed by atoms with Gasteiger partial charge in [-0.3, -0.25) is 0 Å². The van der Waals surface area contributed by atoms with E-state index < -0.39 is 0 Å². The maximum atomic E-state index is 12.3. The number of rotatable bonds is 3. The molecule has 1 heterocycles. The van der Waals surface area contributed by atoms with E-state index in [2.05, 4.69) is 0 Å². The minimum absolute atomic E-state index is 0.141. The van der Waals surface area contributed by atoms with Gasteiger partial charge in [-0.05, 0) is 30.4 Å². The maximum absolute atomic E-state index is 12.3. The van der Waals surface area contributed by atoms with E-state index in [9.17, 15) is 4.79 Å². The standard InChI is InChI=1S/C15H23N3O/c1-17(15(19)18-9-3-2-4-10-18)12-14-7-5-13(11-16)6-8-14/h5-8H,2-4,9-12,16H2,1H3. The zero-order valence-electron chi connectivity index (χ0n) is 11.6. The lowest BCUT2D eigenvalue weighted by Crippen LogP contribution is -2.43. The summed E-state index contributed by atoms with van der Waals surface area (Å²) in [4.78, 5) is 16.0. The first-order chi connectivity index (χ1) is 9.20. The second-order valence-electron chi connectivity index (χ2n) is 5.21. The van der Waals surface area contributed by atoms with Gasteiger partial charge < -0.3 is 15.5 Å². The smallest absolute Gasteiger partial charge is 0.320 e. The molecule has 0 saturated carbocycles. The summed E-state index contributed by atoms with van der Waals surface area (Å²) in [5, 5.41) is 0. The summed E-state index contributed by atoms with van der Waals surface area (Å²) < 4.78 is 0. The third kappa shape index (κ3) is 3.70. The van der Waals surface area contributed by atoms with Crippen LogP contribution in [-0.4, -0.2) is 36.0 Å². The molecule has 2 amide bonds. The van der Waals surface area contributed by atoms with Gasteiger partial charge in [-0.25, -0.2) is 4.79 Å². The topological polar surface area (TPSA) is 49.6 Å². The van der Waals surface area contributed by atoms with Gasteiger partial charge in [0.05, 0.1) is 0 Å². The van der Waals surface area contributed by atoms with Crippen LogP contribution < -0.4 is 5.73 Å². The summed E-state index contributed by atoms with van der Waals surface area (Å²) in [7, 11) is 1.87. The molecule has 1 aromatic carbocycles. The second kappa shape index (κ2) is 6.57. The van der Waals surface area contributed by atoms with Gasteiger partial charge in [-0.15, -0.1) is 0 Å². The minimum Gasteiger partial charge on any atom is -0.326 e. The van der Waals surface area contributed by atoms with E-state index in [0.717, 1.165) is 37.1 Å². The normalized spacial score (nSPS) is 15.4. The molecule has 0 aromatic heterocycles. The van der Waals surface area contributed by atoms with E-state index in [1.165, 1.54) is 6.42 Å². The van der Waals surface area contributed by atoms with Crippen molar-refractivity contribution in [1.82, 2.24) is 9.80 Å². The molecule has 1 aliphatic heterocycles. The number of likely N-dealkylation sites (tertiary alicyclic amines) is 1. The number of hydrogen-bond acceptors (Lipinski definition) is 2. The number of carbonyl (C=O) groups is 1. The highest BCUT2D eigenvalue weighted by Gasteiger charge is 2.19. The van der Waals surface area contributed by atoms with Crippen LogP contribution in [0.3, 0.4) is 0 Å². The van der Waals surface area contributed by atoms with E-state index in [1.54, 1.807) is 4.90 Å². The van der Waals surface area contributed by atoms with Crippen molar-refractivity contribution in [2.45, 2.75) is 32.4 Å². The number of carbonyl (C=O) groups excluding carboxylic acids is 1. The van der Waals surface area contributed by atoms with E-state index in [4.69, 9.17) is 5.73 Å². The molecule has 2 N–H and O–H groups in total. The van der Waals surface area contributed by atoms with Crippen molar-refractivity contribution >= 4 is 6.03 Å². The van der Waals surface area contributed by atoms with Gasteiger partial charge in [0.15, 0.2) is 0 Å². The maximum Gasteiger partial charge on any atom is 0.320 e. The molecule has 0 aliphatic carbocycles. The van der Waals surface area contributed by atoms with Crippen molar-refractivity contribution in [1.29, 1.82) is 0 Å². The van der Waals surface area contributed by atoms with E-state index >= 15 is 0 Å². The van der Waals surface area contributed by atoms with Crippen LogP contribution in [-0.2, 0) is 13.1 Å². The summed E-state index contributed by atoms with van der Waals surface area (Å²) in [5.74, 6) is 0.